The van der Waals surface area contributed by atoms with Gasteiger partial charge in [0.15, 0.2) is 0 Å². The van der Waals surface area contributed by atoms with Crippen molar-refractivity contribution in [2.24, 2.45) is 5.92 Å². The van der Waals surface area contributed by atoms with Crippen LogP contribution in [-0.4, -0.2) is 31.7 Å². The van der Waals surface area contributed by atoms with E-state index < -0.39 is 6.04 Å². The van der Waals surface area contributed by atoms with Crippen LogP contribution in [0.25, 0.3) is 0 Å². The maximum absolute atomic E-state index is 12.9. The molecule has 2 aliphatic rings. The number of nitrogens with zero attached hydrogens (tertiary/aromatic N) is 1. The maximum Gasteiger partial charge on any atom is 0.338 e. The van der Waals surface area contributed by atoms with Crippen molar-refractivity contribution in [1.82, 2.24) is 10.6 Å². The molecule has 1 aromatic carbocycles. The monoisotopic (exact) mass is 399 g/mol. The number of hydrogen-bond donors (Lipinski definition) is 2. The largest absolute Gasteiger partial charge is 0.462 e. The first kappa shape index (κ1) is 21.2. The first-order valence-electron chi connectivity index (χ1n) is 10.8. The summed E-state index contributed by atoms with van der Waals surface area (Å²) in [6.45, 7) is 8.31. The fourth-order valence-corrected chi connectivity index (χ4v) is 4.31. The minimum atomic E-state index is -0.506. The van der Waals surface area contributed by atoms with E-state index in [4.69, 9.17) is 4.74 Å². The van der Waals surface area contributed by atoms with Crippen LogP contribution < -0.4 is 15.5 Å². The third-order valence-corrected chi connectivity index (χ3v) is 6.02. The highest BCUT2D eigenvalue weighted by atomic mass is 16.5. The van der Waals surface area contributed by atoms with E-state index in [1.807, 2.05) is 24.3 Å². The number of anilines is 1. The molecule has 0 bridgehead atoms. The molecule has 29 heavy (non-hydrogen) atoms. The molecular weight excluding hydrogens is 366 g/mol. The van der Waals surface area contributed by atoms with Crippen molar-refractivity contribution in [3.8, 4) is 0 Å². The molecule has 0 spiro atoms. The molecule has 1 fully saturated rings. The number of rotatable bonds is 7. The van der Waals surface area contributed by atoms with Crippen molar-refractivity contribution in [2.45, 2.75) is 58.9 Å². The molecule has 2 N–H and O–H groups in total. The summed E-state index contributed by atoms with van der Waals surface area (Å²) in [4.78, 5) is 27.3. The molecule has 1 aromatic rings. The summed E-state index contributed by atoms with van der Waals surface area (Å²) in [6.07, 6.45) is 5.94. The van der Waals surface area contributed by atoms with E-state index in [0.717, 1.165) is 37.2 Å². The fourth-order valence-electron chi connectivity index (χ4n) is 4.31. The van der Waals surface area contributed by atoms with Gasteiger partial charge in [0.05, 0.1) is 18.2 Å². The predicted octanol–water partition coefficient (Wildman–Crippen LogP) is 4.28. The number of amides is 2. The Morgan fingerprint density at radius 2 is 1.76 bits per heavy atom. The highest BCUT2D eigenvalue weighted by molar-refractivity contribution is 5.95. The standard InChI is InChI=1S/C23H33N3O3/c1-4-26(5-2)19-13-11-18(12-14-19)21-20(16(3)24-23(28)25-21)22(27)29-15-17-9-7-6-8-10-17/h11-14,17,21H,4-10,15H2,1-3H3,(H2,24,25,28). The van der Waals surface area contributed by atoms with Crippen molar-refractivity contribution in [1.29, 1.82) is 0 Å². The van der Waals surface area contributed by atoms with E-state index >= 15 is 0 Å². The summed E-state index contributed by atoms with van der Waals surface area (Å²) < 4.78 is 5.68. The van der Waals surface area contributed by atoms with Gasteiger partial charge in [0.2, 0.25) is 0 Å². The van der Waals surface area contributed by atoms with E-state index in [2.05, 4.69) is 29.4 Å². The minimum absolute atomic E-state index is 0.302. The Bertz CT molecular complexity index is 747. The molecular formula is C23H33N3O3. The van der Waals surface area contributed by atoms with Gasteiger partial charge >= 0.3 is 12.0 Å². The minimum Gasteiger partial charge on any atom is -0.462 e. The van der Waals surface area contributed by atoms with Crippen LogP contribution in [0.4, 0.5) is 10.5 Å². The van der Waals surface area contributed by atoms with Crippen LogP contribution in [0.5, 0.6) is 0 Å². The zero-order valence-corrected chi connectivity index (χ0v) is 17.8. The van der Waals surface area contributed by atoms with E-state index in [9.17, 15) is 9.59 Å². The number of nitrogens with one attached hydrogen (secondary N) is 2. The summed E-state index contributed by atoms with van der Waals surface area (Å²) in [6, 6.07) is 7.22. The molecule has 1 heterocycles. The number of hydrogen-bond acceptors (Lipinski definition) is 4. The van der Waals surface area contributed by atoms with Crippen LogP contribution in [0.2, 0.25) is 0 Å². The van der Waals surface area contributed by atoms with Crippen LogP contribution >= 0.6 is 0 Å². The Balaban J connectivity index is 1.77. The van der Waals surface area contributed by atoms with Gasteiger partial charge in [0.1, 0.15) is 0 Å². The number of allylic oxidation sites excluding steroid dienone is 1. The van der Waals surface area contributed by atoms with Gasteiger partial charge in [-0.25, -0.2) is 9.59 Å². The fraction of sp³-hybridized carbons (Fsp3) is 0.565. The molecule has 3 rings (SSSR count). The molecule has 1 saturated carbocycles. The lowest BCUT2D eigenvalue weighted by atomic mass is 9.90. The first-order valence-corrected chi connectivity index (χ1v) is 10.8. The van der Waals surface area contributed by atoms with Crippen LogP contribution in [0.3, 0.4) is 0 Å². The smallest absolute Gasteiger partial charge is 0.338 e. The third kappa shape index (κ3) is 5.11. The molecule has 2 amide bonds. The summed E-state index contributed by atoms with van der Waals surface area (Å²) in [5, 5.41) is 5.60. The topological polar surface area (TPSA) is 70.7 Å². The maximum atomic E-state index is 12.9. The average molecular weight is 400 g/mol. The van der Waals surface area contributed by atoms with Gasteiger partial charge in [-0.2, -0.15) is 0 Å². The molecule has 158 valence electrons. The molecule has 0 radical (unpaired) electrons. The van der Waals surface area contributed by atoms with Crippen LogP contribution in [-0.2, 0) is 9.53 Å². The summed E-state index contributed by atoms with van der Waals surface area (Å²) >= 11 is 0. The Kier molecular flexibility index (Phi) is 7.18. The molecule has 6 heteroatoms. The number of ether oxygens (including phenoxy) is 1. The quantitative estimate of drug-likeness (QED) is 0.671. The molecule has 1 atom stereocenters. The zero-order valence-electron chi connectivity index (χ0n) is 17.8. The molecule has 0 saturated heterocycles. The lowest BCUT2D eigenvalue weighted by molar-refractivity contribution is -0.141. The number of benzene rings is 1. The van der Waals surface area contributed by atoms with Crippen LogP contribution in [0, 0.1) is 5.92 Å². The lowest BCUT2D eigenvalue weighted by Gasteiger charge is -2.29. The lowest BCUT2D eigenvalue weighted by Crippen LogP contribution is -2.45. The molecule has 0 aromatic heterocycles. The van der Waals surface area contributed by atoms with Crippen molar-refractivity contribution in [2.75, 3.05) is 24.6 Å². The third-order valence-electron chi connectivity index (χ3n) is 6.02. The van der Waals surface area contributed by atoms with Gasteiger partial charge in [0, 0.05) is 24.5 Å². The van der Waals surface area contributed by atoms with Crippen molar-refractivity contribution in [3.63, 3.8) is 0 Å². The Morgan fingerprint density at radius 1 is 1.10 bits per heavy atom. The molecule has 6 nitrogen and oxygen atoms in total. The van der Waals surface area contributed by atoms with Gasteiger partial charge < -0.3 is 20.3 Å². The summed E-state index contributed by atoms with van der Waals surface area (Å²) in [7, 11) is 0. The van der Waals surface area contributed by atoms with Gasteiger partial charge in [-0.1, -0.05) is 31.4 Å². The van der Waals surface area contributed by atoms with E-state index in [-0.39, 0.29) is 12.0 Å². The highest BCUT2D eigenvalue weighted by Crippen LogP contribution is 2.30. The summed E-state index contributed by atoms with van der Waals surface area (Å²) in [5.41, 5.74) is 3.04. The molecule has 1 unspecified atom stereocenters. The number of carbonyl (C=O) groups excluding carboxylic acids is 2. The zero-order chi connectivity index (χ0) is 20.8. The van der Waals surface area contributed by atoms with Crippen LogP contribution in [0.15, 0.2) is 35.5 Å². The number of urea groups is 1. The van der Waals surface area contributed by atoms with Crippen molar-refractivity contribution in [3.05, 3.63) is 41.1 Å². The number of esters is 1. The normalized spacial score (nSPS) is 20.1. The Hall–Kier alpha value is -2.50. The first-order chi connectivity index (χ1) is 14.0. The second-order valence-corrected chi connectivity index (χ2v) is 7.94. The Morgan fingerprint density at radius 3 is 2.38 bits per heavy atom. The second kappa shape index (κ2) is 9.81. The van der Waals surface area contributed by atoms with Gasteiger partial charge in [-0.3, -0.25) is 0 Å². The van der Waals surface area contributed by atoms with Gasteiger partial charge in [-0.05, 0) is 57.2 Å². The van der Waals surface area contributed by atoms with E-state index in [1.165, 1.54) is 19.3 Å². The Labute approximate surface area is 173 Å². The van der Waals surface area contributed by atoms with Crippen molar-refractivity contribution < 1.29 is 14.3 Å². The van der Waals surface area contributed by atoms with Gasteiger partial charge in [-0.15, -0.1) is 0 Å². The van der Waals surface area contributed by atoms with Crippen LogP contribution in [0.1, 0.15) is 64.5 Å². The number of carbonyl (C=O) groups is 2. The molecule has 1 aliphatic heterocycles. The van der Waals surface area contributed by atoms with E-state index in [0.29, 0.717) is 23.8 Å². The highest BCUT2D eigenvalue weighted by Gasteiger charge is 2.32. The molecule has 1 aliphatic carbocycles. The SMILES string of the molecule is CCN(CC)c1ccc(C2NC(=O)NC(C)=C2C(=O)OCC2CCCCC2)cc1. The van der Waals surface area contributed by atoms with E-state index in [1.54, 1.807) is 6.92 Å². The average Bonchev–Trinajstić information content (AvgIpc) is 2.73. The second-order valence-electron chi connectivity index (χ2n) is 7.94. The predicted molar refractivity (Wildman–Crippen MR) is 115 cm³/mol. The van der Waals surface area contributed by atoms with Gasteiger partial charge in [0.25, 0.3) is 0 Å². The summed E-state index contributed by atoms with van der Waals surface area (Å²) in [5.74, 6) is 0.102. The van der Waals surface area contributed by atoms with Crippen molar-refractivity contribution >= 4 is 17.7 Å².